The highest BCUT2D eigenvalue weighted by Gasteiger charge is 2.14. The smallest absolute Gasteiger partial charge is 0.340 e. The van der Waals surface area contributed by atoms with E-state index in [0.717, 1.165) is 16.8 Å². The highest BCUT2D eigenvalue weighted by molar-refractivity contribution is 5.96. The Bertz CT molecular complexity index is 589. The summed E-state index contributed by atoms with van der Waals surface area (Å²) < 4.78 is 5.28. The van der Waals surface area contributed by atoms with Crippen LogP contribution in [0.25, 0.3) is 0 Å². The monoisotopic (exact) mass is 256 g/mol. The molecule has 2 aromatic rings. The number of hydrogen-bond donors (Lipinski definition) is 1. The van der Waals surface area contributed by atoms with Crippen molar-refractivity contribution in [1.29, 1.82) is 0 Å². The van der Waals surface area contributed by atoms with Gasteiger partial charge in [-0.3, -0.25) is 4.98 Å². The maximum atomic E-state index is 12.0. The molecule has 2 rings (SSSR count). The number of hydrogen-bond acceptors (Lipinski definition) is 4. The van der Waals surface area contributed by atoms with E-state index in [2.05, 4.69) is 4.98 Å². The molecule has 4 nitrogen and oxygen atoms in total. The number of benzene rings is 1. The number of carbonyl (C=O) groups is 1. The van der Waals surface area contributed by atoms with E-state index in [-0.39, 0.29) is 6.61 Å². The zero-order valence-corrected chi connectivity index (χ0v) is 11.0. The van der Waals surface area contributed by atoms with Gasteiger partial charge >= 0.3 is 5.97 Å². The van der Waals surface area contributed by atoms with Crippen LogP contribution in [0.15, 0.2) is 36.5 Å². The molecule has 1 aromatic carbocycles. The number of nitrogens with zero attached hydrogens (tertiary/aromatic N) is 1. The molecule has 0 saturated carbocycles. The van der Waals surface area contributed by atoms with Crippen molar-refractivity contribution in [2.24, 2.45) is 0 Å². The van der Waals surface area contributed by atoms with Crippen molar-refractivity contribution in [3.63, 3.8) is 0 Å². The standard InChI is InChI=1S/C15H16N2O2/c1-10-6-4-8-17-13(10)9-19-15(18)14-11(2)5-3-7-12(14)16/h3-8H,9,16H2,1-2H3. The summed E-state index contributed by atoms with van der Waals surface area (Å²) in [7, 11) is 0. The van der Waals surface area contributed by atoms with Crippen LogP contribution >= 0.6 is 0 Å². The Balaban J connectivity index is 2.13. The highest BCUT2D eigenvalue weighted by Crippen LogP contribution is 2.18. The number of nitrogens with two attached hydrogens (primary N) is 1. The van der Waals surface area contributed by atoms with Gasteiger partial charge in [-0.25, -0.2) is 4.79 Å². The number of nitrogen functional groups attached to an aromatic ring is 1. The molecule has 0 saturated heterocycles. The Morgan fingerprint density at radius 3 is 2.63 bits per heavy atom. The summed E-state index contributed by atoms with van der Waals surface area (Å²) in [6, 6.07) is 9.11. The maximum absolute atomic E-state index is 12.0. The predicted octanol–water partition coefficient (Wildman–Crippen LogP) is 2.64. The van der Waals surface area contributed by atoms with Crippen molar-refractivity contribution in [3.8, 4) is 0 Å². The lowest BCUT2D eigenvalue weighted by Crippen LogP contribution is -2.11. The van der Waals surface area contributed by atoms with Crippen LogP contribution in [0.3, 0.4) is 0 Å². The van der Waals surface area contributed by atoms with Crippen molar-refractivity contribution in [1.82, 2.24) is 4.98 Å². The topological polar surface area (TPSA) is 65.2 Å². The van der Waals surface area contributed by atoms with Gasteiger partial charge in [0.25, 0.3) is 0 Å². The third-order valence-corrected chi connectivity index (χ3v) is 2.97. The van der Waals surface area contributed by atoms with Gasteiger partial charge < -0.3 is 10.5 Å². The molecule has 0 aliphatic carbocycles. The summed E-state index contributed by atoms with van der Waals surface area (Å²) in [5.41, 5.74) is 9.22. The number of aryl methyl sites for hydroxylation is 2. The van der Waals surface area contributed by atoms with E-state index < -0.39 is 5.97 Å². The molecular weight excluding hydrogens is 240 g/mol. The van der Waals surface area contributed by atoms with Crippen LogP contribution in [0.5, 0.6) is 0 Å². The summed E-state index contributed by atoms with van der Waals surface area (Å²) in [5, 5.41) is 0. The second-order valence-electron chi connectivity index (χ2n) is 4.38. The molecule has 19 heavy (non-hydrogen) atoms. The first-order valence-corrected chi connectivity index (χ1v) is 6.02. The number of anilines is 1. The van der Waals surface area contributed by atoms with E-state index >= 15 is 0 Å². The number of ether oxygens (including phenoxy) is 1. The van der Waals surface area contributed by atoms with Gasteiger partial charge in [0.15, 0.2) is 0 Å². The molecule has 1 aromatic heterocycles. The van der Waals surface area contributed by atoms with Crippen molar-refractivity contribution >= 4 is 11.7 Å². The molecule has 98 valence electrons. The van der Waals surface area contributed by atoms with Crippen molar-refractivity contribution in [3.05, 3.63) is 58.9 Å². The molecule has 2 N–H and O–H groups in total. The molecule has 0 amide bonds. The van der Waals surface area contributed by atoms with Gasteiger partial charge in [-0.2, -0.15) is 0 Å². The van der Waals surface area contributed by atoms with Crippen LogP contribution in [0.2, 0.25) is 0 Å². The zero-order chi connectivity index (χ0) is 13.8. The van der Waals surface area contributed by atoms with Crippen LogP contribution in [-0.2, 0) is 11.3 Å². The molecule has 1 heterocycles. The summed E-state index contributed by atoms with van der Waals surface area (Å²) in [6.07, 6.45) is 1.68. The summed E-state index contributed by atoms with van der Waals surface area (Å²) in [4.78, 5) is 16.2. The summed E-state index contributed by atoms with van der Waals surface area (Å²) >= 11 is 0. The predicted molar refractivity (Wildman–Crippen MR) is 73.7 cm³/mol. The minimum atomic E-state index is -0.416. The number of aromatic nitrogens is 1. The van der Waals surface area contributed by atoms with E-state index in [0.29, 0.717) is 11.3 Å². The van der Waals surface area contributed by atoms with Gasteiger partial charge in [0.05, 0.1) is 11.3 Å². The zero-order valence-electron chi connectivity index (χ0n) is 11.0. The number of pyridine rings is 1. The summed E-state index contributed by atoms with van der Waals surface area (Å²) in [5.74, 6) is -0.416. The molecule has 0 fully saturated rings. The SMILES string of the molecule is Cc1cccnc1COC(=O)c1c(C)cccc1N. The van der Waals surface area contributed by atoms with Gasteiger partial charge in [0, 0.05) is 11.9 Å². The van der Waals surface area contributed by atoms with Crippen LogP contribution in [0.1, 0.15) is 27.2 Å². The van der Waals surface area contributed by atoms with Crippen LogP contribution in [0, 0.1) is 13.8 Å². The maximum Gasteiger partial charge on any atom is 0.340 e. The Morgan fingerprint density at radius 1 is 1.21 bits per heavy atom. The largest absolute Gasteiger partial charge is 0.456 e. The van der Waals surface area contributed by atoms with E-state index in [9.17, 15) is 4.79 Å². The molecule has 0 unspecified atom stereocenters. The normalized spacial score (nSPS) is 10.2. The average molecular weight is 256 g/mol. The second kappa shape index (κ2) is 5.52. The first-order valence-electron chi connectivity index (χ1n) is 6.02. The van der Waals surface area contributed by atoms with E-state index in [1.807, 2.05) is 38.1 Å². The third kappa shape index (κ3) is 2.91. The third-order valence-electron chi connectivity index (χ3n) is 2.97. The van der Waals surface area contributed by atoms with Crippen LogP contribution < -0.4 is 5.73 Å². The Labute approximate surface area is 112 Å². The van der Waals surface area contributed by atoms with Gasteiger partial charge in [-0.1, -0.05) is 18.2 Å². The molecule has 0 spiro atoms. The van der Waals surface area contributed by atoms with Crippen LogP contribution in [0.4, 0.5) is 5.69 Å². The number of esters is 1. The minimum absolute atomic E-state index is 0.152. The fraction of sp³-hybridized carbons (Fsp3) is 0.200. The highest BCUT2D eigenvalue weighted by atomic mass is 16.5. The first kappa shape index (κ1) is 13.1. The van der Waals surface area contributed by atoms with Gasteiger partial charge in [0.2, 0.25) is 0 Å². The van der Waals surface area contributed by atoms with Crippen molar-refractivity contribution in [2.45, 2.75) is 20.5 Å². The van der Waals surface area contributed by atoms with E-state index in [4.69, 9.17) is 10.5 Å². The van der Waals surface area contributed by atoms with Crippen molar-refractivity contribution in [2.75, 3.05) is 5.73 Å². The molecule has 0 bridgehead atoms. The molecule has 0 aliphatic rings. The Hall–Kier alpha value is -2.36. The van der Waals surface area contributed by atoms with Gasteiger partial charge in [0.1, 0.15) is 6.61 Å². The number of carbonyl (C=O) groups excluding carboxylic acids is 1. The van der Waals surface area contributed by atoms with Crippen LogP contribution in [-0.4, -0.2) is 11.0 Å². The Morgan fingerprint density at radius 2 is 1.95 bits per heavy atom. The van der Waals surface area contributed by atoms with E-state index in [1.165, 1.54) is 0 Å². The minimum Gasteiger partial charge on any atom is -0.456 e. The van der Waals surface area contributed by atoms with Gasteiger partial charge in [-0.05, 0) is 37.1 Å². The fourth-order valence-corrected chi connectivity index (χ4v) is 1.84. The first-order chi connectivity index (χ1) is 9.09. The van der Waals surface area contributed by atoms with Crippen molar-refractivity contribution < 1.29 is 9.53 Å². The second-order valence-corrected chi connectivity index (χ2v) is 4.38. The molecule has 0 aliphatic heterocycles. The Kier molecular flexibility index (Phi) is 3.80. The van der Waals surface area contributed by atoms with E-state index in [1.54, 1.807) is 12.3 Å². The molecule has 0 atom stereocenters. The lowest BCUT2D eigenvalue weighted by atomic mass is 10.1. The number of rotatable bonds is 3. The molecule has 4 heteroatoms. The fourth-order valence-electron chi connectivity index (χ4n) is 1.84. The quantitative estimate of drug-likeness (QED) is 0.677. The molecule has 0 radical (unpaired) electrons. The lowest BCUT2D eigenvalue weighted by molar-refractivity contribution is 0.0467. The average Bonchev–Trinajstić information content (AvgIpc) is 2.37. The van der Waals surface area contributed by atoms with Gasteiger partial charge in [-0.15, -0.1) is 0 Å². The molecular formula is C15H16N2O2. The summed E-state index contributed by atoms with van der Waals surface area (Å²) in [6.45, 7) is 3.91. The lowest BCUT2D eigenvalue weighted by Gasteiger charge is -2.10.